The average Bonchev–Trinajstić information content (AvgIpc) is 1.54. The number of carbonyl (C=O) groups is 4. The third-order valence-electron chi connectivity index (χ3n) is 18.5. The highest BCUT2D eigenvalue weighted by Crippen LogP contribution is 2.45. The van der Waals surface area contributed by atoms with E-state index in [2.05, 4.69) is 48.5 Å². The standard InChI is InChI=1S/C78H152O17P2/c1-8-10-11-42-52-59-75(80)88-65-73(94-77(82)61-55-48-41-35-29-23-17-19-25-31-37-44-50-57-70(5)6)67-92-96(84,85)90-63-72(79)64-91-97(86,87)93-68-74(95-78(83)62-54-47-40-34-28-22-14-12-13-18-24-30-36-43-49-56-69(3)4)66-89-76(81)60-53-46-39-33-27-21-16-15-20-26-32-38-45-51-58-71(7)9-2/h69-74,79H,8-68H2,1-7H3,(H,84,85)(H,86,87)/t71?,72-,73+,74+/m0/s1. The van der Waals surface area contributed by atoms with Crippen LogP contribution in [0.1, 0.15) is 402 Å². The molecule has 0 saturated carbocycles. The van der Waals surface area contributed by atoms with Gasteiger partial charge in [-0.1, -0.05) is 350 Å². The number of ether oxygens (including phenoxy) is 4. The van der Waals surface area contributed by atoms with Gasteiger partial charge >= 0.3 is 39.5 Å². The summed E-state index contributed by atoms with van der Waals surface area (Å²) >= 11 is 0. The third kappa shape index (κ3) is 70.9. The fourth-order valence-electron chi connectivity index (χ4n) is 11.9. The highest BCUT2D eigenvalue weighted by Gasteiger charge is 2.30. The molecule has 0 spiro atoms. The monoisotopic (exact) mass is 1420 g/mol. The second-order valence-corrected chi connectivity index (χ2v) is 32.2. The highest BCUT2D eigenvalue weighted by atomic mass is 31.2. The van der Waals surface area contributed by atoms with Crippen LogP contribution in [0.15, 0.2) is 0 Å². The summed E-state index contributed by atoms with van der Waals surface area (Å²) in [6.07, 6.45) is 55.8. The summed E-state index contributed by atoms with van der Waals surface area (Å²) in [4.78, 5) is 72.6. The highest BCUT2D eigenvalue weighted by molar-refractivity contribution is 7.47. The SMILES string of the molecule is CCCCCCCC(=O)OC[C@H](COP(=O)(O)OC[C@H](O)COP(=O)(O)OC[C@@H](COC(=O)CCCCCCCCCCCCCCCCC(C)CC)OC(=O)CCCCCCCCCCCCCCCCCC(C)C)OC(=O)CCCCCCCCCCCCCCCC(C)C. The van der Waals surface area contributed by atoms with E-state index in [9.17, 15) is 43.2 Å². The van der Waals surface area contributed by atoms with Crippen LogP contribution in [-0.4, -0.2) is 96.7 Å². The molecule has 0 aromatic heterocycles. The van der Waals surface area contributed by atoms with Gasteiger partial charge in [0.25, 0.3) is 0 Å². The fourth-order valence-corrected chi connectivity index (χ4v) is 13.5. The van der Waals surface area contributed by atoms with Crippen LogP contribution in [0.2, 0.25) is 0 Å². The molecule has 0 aliphatic rings. The number of hydrogen-bond donors (Lipinski definition) is 3. The first kappa shape index (κ1) is 95.1. The van der Waals surface area contributed by atoms with Crippen LogP contribution >= 0.6 is 15.6 Å². The predicted octanol–water partition coefficient (Wildman–Crippen LogP) is 23.0. The number of phosphoric acid groups is 2. The quantitative estimate of drug-likeness (QED) is 0.0222. The van der Waals surface area contributed by atoms with Crippen LogP contribution in [0.5, 0.6) is 0 Å². The molecule has 0 amide bonds. The first-order valence-corrected chi connectivity index (χ1v) is 43.4. The summed E-state index contributed by atoms with van der Waals surface area (Å²) in [5, 5.41) is 10.6. The second-order valence-electron chi connectivity index (χ2n) is 29.3. The third-order valence-corrected chi connectivity index (χ3v) is 20.4. The molecule has 0 aromatic carbocycles. The minimum atomic E-state index is -4.96. The Balaban J connectivity index is 5.14. The number of unbranched alkanes of at least 4 members (excludes halogenated alkanes) is 43. The molecule has 97 heavy (non-hydrogen) atoms. The first-order valence-electron chi connectivity index (χ1n) is 40.4. The van der Waals surface area contributed by atoms with Gasteiger partial charge in [-0.2, -0.15) is 0 Å². The van der Waals surface area contributed by atoms with Gasteiger partial charge in [-0.25, -0.2) is 9.13 Å². The van der Waals surface area contributed by atoms with E-state index in [1.807, 2.05) is 0 Å². The van der Waals surface area contributed by atoms with E-state index >= 15 is 0 Å². The number of aliphatic hydroxyl groups is 1. The molecule has 0 saturated heterocycles. The van der Waals surface area contributed by atoms with Crippen molar-refractivity contribution in [1.29, 1.82) is 0 Å². The van der Waals surface area contributed by atoms with Crippen molar-refractivity contribution in [2.75, 3.05) is 39.6 Å². The predicted molar refractivity (Wildman–Crippen MR) is 395 cm³/mol. The second kappa shape index (κ2) is 68.5. The molecule has 0 bridgehead atoms. The zero-order valence-corrected chi connectivity index (χ0v) is 65.3. The van der Waals surface area contributed by atoms with Crippen LogP contribution in [0, 0.1) is 17.8 Å². The van der Waals surface area contributed by atoms with Crippen molar-refractivity contribution in [3.63, 3.8) is 0 Å². The van der Waals surface area contributed by atoms with Gasteiger partial charge in [-0.3, -0.25) is 37.3 Å². The number of phosphoric ester groups is 2. The summed E-state index contributed by atoms with van der Waals surface area (Å²) in [6, 6.07) is 0. The molecule has 576 valence electrons. The largest absolute Gasteiger partial charge is 0.472 e. The van der Waals surface area contributed by atoms with Gasteiger partial charge in [-0.15, -0.1) is 0 Å². The van der Waals surface area contributed by atoms with E-state index < -0.39 is 97.5 Å². The molecule has 6 atom stereocenters. The van der Waals surface area contributed by atoms with Gasteiger partial charge in [0.15, 0.2) is 12.2 Å². The maximum Gasteiger partial charge on any atom is 0.472 e. The minimum Gasteiger partial charge on any atom is -0.462 e. The van der Waals surface area contributed by atoms with Gasteiger partial charge in [0, 0.05) is 25.7 Å². The molecule has 0 radical (unpaired) electrons. The van der Waals surface area contributed by atoms with Crippen molar-refractivity contribution in [3.05, 3.63) is 0 Å². The molecule has 0 heterocycles. The van der Waals surface area contributed by atoms with Crippen LogP contribution in [0.25, 0.3) is 0 Å². The van der Waals surface area contributed by atoms with Gasteiger partial charge in [0.2, 0.25) is 0 Å². The topological polar surface area (TPSA) is 237 Å². The van der Waals surface area contributed by atoms with E-state index in [4.69, 9.17) is 37.0 Å². The van der Waals surface area contributed by atoms with Crippen molar-refractivity contribution >= 4 is 39.5 Å². The maximum absolute atomic E-state index is 13.1. The summed E-state index contributed by atoms with van der Waals surface area (Å²) in [5.41, 5.74) is 0. The Labute approximate surface area is 594 Å². The Hall–Kier alpha value is -1.94. The first-order chi connectivity index (χ1) is 46.8. The lowest BCUT2D eigenvalue weighted by molar-refractivity contribution is -0.161. The lowest BCUT2D eigenvalue weighted by Gasteiger charge is -2.21. The number of esters is 4. The van der Waals surface area contributed by atoms with E-state index in [1.165, 1.54) is 205 Å². The van der Waals surface area contributed by atoms with Crippen molar-refractivity contribution < 1.29 is 80.2 Å². The smallest absolute Gasteiger partial charge is 0.462 e. The number of aliphatic hydroxyl groups excluding tert-OH is 1. The molecule has 0 aliphatic heterocycles. The molecule has 3 unspecified atom stereocenters. The molecule has 19 heteroatoms. The normalized spacial score (nSPS) is 14.3. The molecular weight excluding hydrogens is 1270 g/mol. The zero-order chi connectivity index (χ0) is 71.6. The summed E-state index contributed by atoms with van der Waals surface area (Å²) in [5.74, 6) is 0.314. The number of rotatable bonds is 76. The summed E-state index contributed by atoms with van der Waals surface area (Å²) in [6.45, 7) is 11.9. The van der Waals surface area contributed by atoms with Crippen LogP contribution < -0.4 is 0 Å². The molecule has 0 aliphatic carbocycles. The van der Waals surface area contributed by atoms with E-state index in [0.717, 1.165) is 114 Å². The minimum absolute atomic E-state index is 0.106. The fraction of sp³-hybridized carbons (Fsp3) is 0.949. The summed E-state index contributed by atoms with van der Waals surface area (Å²) < 4.78 is 68.4. The van der Waals surface area contributed by atoms with Crippen molar-refractivity contribution in [2.45, 2.75) is 420 Å². The lowest BCUT2D eigenvalue weighted by Crippen LogP contribution is -2.30. The molecule has 0 rings (SSSR count). The van der Waals surface area contributed by atoms with Crippen molar-refractivity contribution in [3.8, 4) is 0 Å². The van der Waals surface area contributed by atoms with Crippen LogP contribution in [0.4, 0.5) is 0 Å². The van der Waals surface area contributed by atoms with Crippen LogP contribution in [-0.2, 0) is 65.4 Å². The summed E-state index contributed by atoms with van der Waals surface area (Å²) in [7, 11) is -9.91. The van der Waals surface area contributed by atoms with Crippen molar-refractivity contribution in [1.82, 2.24) is 0 Å². The maximum atomic E-state index is 13.1. The number of carbonyl (C=O) groups excluding carboxylic acids is 4. The Morgan fingerprint density at radius 2 is 0.526 bits per heavy atom. The van der Waals surface area contributed by atoms with E-state index in [0.29, 0.717) is 25.7 Å². The average molecular weight is 1420 g/mol. The lowest BCUT2D eigenvalue weighted by atomic mass is 9.99. The molecular formula is C78H152O17P2. The number of hydrogen-bond acceptors (Lipinski definition) is 15. The molecule has 0 aromatic rings. The Morgan fingerprint density at radius 1 is 0.299 bits per heavy atom. The van der Waals surface area contributed by atoms with E-state index in [-0.39, 0.29) is 25.7 Å². The van der Waals surface area contributed by atoms with Gasteiger partial charge in [0.05, 0.1) is 26.4 Å². The van der Waals surface area contributed by atoms with Crippen LogP contribution in [0.3, 0.4) is 0 Å². The van der Waals surface area contributed by atoms with Gasteiger partial charge in [0.1, 0.15) is 19.3 Å². The zero-order valence-electron chi connectivity index (χ0n) is 63.5. The Bertz CT molecular complexity index is 1890. The Kier molecular flexibility index (Phi) is 67.1. The molecule has 0 fully saturated rings. The van der Waals surface area contributed by atoms with E-state index in [1.54, 1.807) is 0 Å². The van der Waals surface area contributed by atoms with Gasteiger partial charge in [-0.05, 0) is 43.4 Å². The van der Waals surface area contributed by atoms with Crippen molar-refractivity contribution in [2.24, 2.45) is 17.8 Å². The molecule has 17 nitrogen and oxygen atoms in total. The molecule has 3 N–H and O–H groups in total. The van der Waals surface area contributed by atoms with Gasteiger partial charge < -0.3 is 33.8 Å². The Morgan fingerprint density at radius 3 is 0.784 bits per heavy atom.